The summed E-state index contributed by atoms with van der Waals surface area (Å²) in [6.45, 7) is 31.2. The summed E-state index contributed by atoms with van der Waals surface area (Å²) in [6, 6.07) is 0. The molecule has 2 fully saturated rings. The number of carbonyl (C=O) groups is 8. The Bertz CT molecular complexity index is 2700. The summed E-state index contributed by atoms with van der Waals surface area (Å²) in [4.78, 5) is 114. The van der Waals surface area contributed by atoms with E-state index >= 15 is 0 Å². The van der Waals surface area contributed by atoms with E-state index in [9.17, 15) is 38.4 Å². The van der Waals surface area contributed by atoms with Crippen LogP contribution >= 0.6 is 0 Å². The Kier molecular flexibility index (Phi) is 76.9. The van der Waals surface area contributed by atoms with Crippen LogP contribution in [-0.2, 0) is 76.3 Å². The molecule has 2 aliphatic heterocycles. The van der Waals surface area contributed by atoms with Crippen molar-refractivity contribution in [1.29, 1.82) is 0 Å². The molecule has 2 aliphatic rings. The molecular formula is C111H208N2O16. The molecule has 18 nitrogen and oxygen atoms in total. The first kappa shape index (κ1) is 123. The topological polar surface area (TPSA) is 226 Å². The molecule has 0 aromatic heterocycles. The fourth-order valence-electron chi connectivity index (χ4n) is 19.2. The maximum Gasteiger partial charge on any atom is 0.321 e. The molecule has 2 saturated heterocycles. The highest BCUT2D eigenvalue weighted by atomic mass is 16.6. The third-order valence-electron chi connectivity index (χ3n) is 27.2. The highest BCUT2D eigenvalue weighted by Gasteiger charge is 2.50. The van der Waals surface area contributed by atoms with Crippen LogP contribution in [0.4, 0.5) is 0 Å². The lowest BCUT2D eigenvalue weighted by molar-refractivity contribution is -0.180. The molecule has 18 heteroatoms. The molecule has 0 aliphatic carbocycles. The average Bonchev–Trinajstić information content (AvgIpc) is 0.783. The fourth-order valence-corrected chi connectivity index (χ4v) is 19.2. The first-order chi connectivity index (χ1) is 62.2. The van der Waals surface area contributed by atoms with Crippen LogP contribution in [0.1, 0.15) is 559 Å². The Hall–Kier alpha value is -4.32. The van der Waals surface area contributed by atoms with Crippen LogP contribution in [0, 0.1) is 23.7 Å². The molecule has 0 aromatic carbocycles. The maximum atomic E-state index is 14.4. The predicted molar refractivity (Wildman–Crippen MR) is 533 cm³/mol. The molecule has 0 bridgehead atoms. The van der Waals surface area contributed by atoms with Crippen LogP contribution < -0.4 is 5.32 Å². The standard InChI is InChI=1S/C56H105NO8.C55H103NO8/c1-9-12-15-18-21-24-27-30-33-36-39-42-62-50(58)45-49(52(59)63-43-40-37-34-31-28-25-22-19-16-13-10-2)51(54(61)65-48-46-55(4,5)57(8)56(6,7)47-48)53(60)64-44-41-38-35-32-29-26-23-20-17-14-11-3;1-8-11-14-17-20-23-26-29-32-35-38-41-61-49(57)44-48(51(58)62-42-39-36-33-30-27-24-21-18-15-12-9-2)50(53(60)64-47-45-54(4,5)56-55(6,7)46-47)52(59)63-43-40-37-34-31-28-25-22-19-16-13-10-3/h48-49,51H,9-47H2,1-8H3;47-48,50,56H,8-46H2,1-7H3. The molecule has 0 amide bonds. The SMILES string of the molecule is CCCCCCCCCCCCCOC(=O)CC(C(=O)OCCCCCCCCCCCCC)C(C(=O)OCCCCCCCCCCCCC)C(=O)OC1CC(C)(C)N(C)C(C)(C)C1.CCCCCCCCCCCCCOC(=O)CC(C(=O)OCCCCCCCCCCCCC)C(C(=O)OCCCCCCCCCCCCC)C(=O)OC1CC(C)(C)NC(C)(C)C1. The van der Waals surface area contributed by atoms with Gasteiger partial charge in [-0.05, 0) is 101 Å². The first-order valence-electron chi connectivity index (χ1n) is 55.1. The van der Waals surface area contributed by atoms with Gasteiger partial charge in [0.1, 0.15) is 12.2 Å². The van der Waals surface area contributed by atoms with E-state index in [2.05, 4.69) is 114 Å². The molecule has 0 saturated carbocycles. The number of likely N-dealkylation sites (tertiary alicyclic amines) is 1. The highest BCUT2D eigenvalue weighted by molar-refractivity contribution is 6.01. The number of nitrogens with zero attached hydrogens (tertiary/aromatic N) is 1. The molecule has 1 N–H and O–H groups in total. The Morgan fingerprint density at radius 1 is 0.240 bits per heavy atom. The zero-order valence-electron chi connectivity index (χ0n) is 87.1. The molecular weight excluding hydrogens is 1620 g/mol. The Balaban J connectivity index is 0.00000129. The molecule has 2 rings (SSSR count). The van der Waals surface area contributed by atoms with E-state index in [1.807, 2.05) is 0 Å². The lowest BCUT2D eigenvalue weighted by Crippen LogP contribution is -2.60. The number of hydrogen-bond donors (Lipinski definition) is 1. The molecule has 4 atom stereocenters. The third kappa shape index (κ3) is 66.7. The number of nitrogens with one attached hydrogen (secondary N) is 1. The van der Waals surface area contributed by atoms with Crippen molar-refractivity contribution in [2.45, 2.75) is 594 Å². The van der Waals surface area contributed by atoms with Crippen molar-refractivity contribution >= 4 is 47.8 Å². The molecule has 758 valence electrons. The minimum Gasteiger partial charge on any atom is -0.466 e. The summed E-state index contributed by atoms with van der Waals surface area (Å²) in [5.74, 6) is -12.1. The van der Waals surface area contributed by atoms with Gasteiger partial charge in [-0.2, -0.15) is 0 Å². The van der Waals surface area contributed by atoms with Gasteiger partial charge in [-0.1, -0.05) is 427 Å². The molecule has 0 aromatic rings. The van der Waals surface area contributed by atoms with E-state index in [1.54, 1.807) is 0 Å². The second kappa shape index (κ2) is 80.9. The van der Waals surface area contributed by atoms with Gasteiger partial charge in [-0.25, -0.2) is 0 Å². The molecule has 129 heavy (non-hydrogen) atoms. The van der Waals surface area contributed by atoms with Crippen molar-refractivity contribution < 1.29 is 76.3 Å². The minimum atomic E-state index is -1.63. The van der Waals surface area contributed by atoms with Crippen LogP contribution in [0.3, 0.4) is 0 Å². The number of ether oxygens (including phenoxy) is 8. The van der Waals surface area contributed by atoms with E-state index in [1.165, 1.54) is 283 Å². The molecule has 0 spiro atoms. The summed E-state index contributed by atoms with van der Waals surface area (Å²) in [6.07, 6.45) is 77.4. The van der Waals surface area contributed by atoms with Gasteiger partial charge in [0.05, 0.1) is 64.3 Å². The Labute approximate surface area is 793 Å². The zero-order chi connectivity index (χ0) is 95.2. The van der Waals surface area contributed by atoms with Gasteiger partial charge in [-0.15, -0.1) is 0 Å². The first-order valence-corrected chi connectivity index (χ1v) is 55.1. The van der Waals surface area contributed by atoms with Crippen molar-refractivity contribution in [3.05, 3.63) is 0 Å². The fraction of sp³-hybridized carbons (Fsp3) is 0.928. The Morgan fingerprint density at radius 3 is 0.612 bits per heavy atom. The van der Waals surface area contributed by atoms with E-state index in [-0.39, 0.29) is 61.8 Å². The summed E-state index contributed by atoms with van der Waals surface area (Å²) in [7, 11) is 2.08. The maximum absolute atomic E-state index is 14.4. The van der Waals surface area contributed by atoms with Crippen LogP contribution in [0.25, 0.3) is 0 Å². The lowest BCUT2D eigenvalue weighted by atomic mass is 9.78. The largest absolute Gasteiger partial charge is 0.466 e. The van der Waals surface area contributed by atoms with Crippen LogP contribution in [0.15, 0.2) is 0 Å². The van der Waals surface area contributed by atoms with Gasteiger partial charge in [-0.3, -0.25) is 43.3 Å². The molecule has 2 heterocycles. The van der Waals surface area contributed by atoms with Crippen LogP contribution in [0.5, 0.6) is 0 Å². The Morgan fingerprint density at radius 2 is 0.411 bits per heavy atom. The van der Waals surface area contributed by atoms with E-state index in [0.29, 0.717) is 51.4 Å². The normalized spacial score (nSPS) is 15.8. The smallest absolute Gasteiger partial charge is 0.321 e. The number of piperidine rings is 2. The number of rotatable bonds is 86. The zero-order valence-corrected chi connectivity index (χ0v) is 87.1. The highest BCUT2D eigenvalue weighted by Crippen LogP contribution is 2.40. The van der Waals surface area contributed by atoms with Gasteiger partial charge >= 0.3 is 47.8 Å². The second-order valence-electron chi connectivity index (χ2n) is 41.9. The van der Waals surface area contributed by atoms with Gasteiger partial charge in [0, 0.05) is 47.8 Å². The monoisotopic (exact) mass is 1830 g/mol. The van der Waals surface area contributed by atoms with E-state index in [0.717, 1.165) is 116 Å². The average molecular weight is 1830 g/mol. The third-order valence-corrected chi connectivity index (χ3v) is 27.2. The van der Waals surface area contributed by atoms with Crippen molar-refractivity contribution in [3.8, 4) is 0 Å². The second-order valence-corrected chi connectivity index (χ2v) is 41.9. The molecule has 4 unspecified atom stereocenters. The van der Waals surface area contributed by atoms with Crippen LogP contribution in [0.2, 0.25) is 0 Å². The van der Waals surface area contributed by atoms with Crippen LogP contribution in [-0.4, -0.2) is 134 Å². The van der Waals surface area contributed by atoms with Crippen molar-refractivity contribution in [3.63, 3.8) is 0 Å². The predicted octanol–water partition coefficient (Wildman–Crippen LogP) is 30.4. The van der Waals surface area contributed by atoms with Gasteiger partial charge in [0.25, 0.3) is 0 Å². The van der Waals surface area contributed by atoms with Gasteiger partial charge < -0.3 is 43.2 Å². The quantitative estimate of drug-likeness (QED) is 0.0258. The number of carbonyl (C=O) groups excluding carboxylic acids is 8. The van der Waals surface area contributed by atoms with Gasteiger partial charge in [0.15, 0.2) is 11.8 Å². The van der Waals surface area contributed by atoms with Crippen molar-refractivity contribution in [2.24, 2.45) is 23.7 Å². The number of hydrogen-bond acceptors (Lipinski definition) is 18. The summed E-state index contributed by atoms with van der Waals surface area (Å²) in [5, 5.41) is 3.61. The van der Waals surface area contributed by atoms with E-state index in [4.69, 9.17) is 37.9 Å². The van der Waals surface area contributed by atoms with Gasteiger partial charge in [0.2, 0.25) is 0 Å². The molecule has 0 radical (unpaired) electrons. The van der Waals surface area contributed by atoms with E-state index < -0.39 is 96.5 Å². The number of esters is 8. The van der Waals surface area contributed by atoms with Crippen molar-refractivity contribution in [1.82, 2.24) is 10.2 Å². The summed E-state index contributed by atoms with van der Waals surface area (Å²) in [5.41, 5.74) is -1.18. The summed E-state index contributed by atoms with van der Waals surface area (Å²) < 4.78 is 46.8. The minimum absolute atomic E-state index is 0.136. The lowest BCUT2D eigenvalue weighted by Gasteiger charge is -2.53. The summed E-state index contributed by atoms with van der Waals surface area (Å²) >= 11 is 0. The number of unbranched alkanes of at least 4 members (excludes halogenated alkanes) is 60. The van der Waals surface area contributed by atoms with Crippen molar-refractivity contribution in [2.75, 3.05) is 46.7 Å².